The van der Waals surface area contributed by atoms with Crippen LogP contribution >= 0.6 is 23.1 Å². The molecule has 1 fully saturated rings. The zero-order valence-electron chi connectivity index (χ0n) is 14.6. The number of hydrogen-bond donors (Lipinski definition) is 1. The molecule has 1 N–H and O–H groups in total. The summed E-state index contributed by atoms with van der Waals surface area (Å²) in [4.78, 5) is 23.9. The molecule has 1 saturated carbocycles. The Morgan fingerprint density at radius 2 is 1.92 bits per heavy atom. The summed E-state index contributed by atoms with van der Waals surface area (Å²) in [7, 11) is 0. The van der Waals surface area contributed by atoms with Gasteiger partial charge in [-0.2, -0.15) is 0 Å². The number of rotatable bonds is 4. The van der Waals surface area contributed by atoms with E-state index in [2.05, 4.69) is 15.3 Å². The predicted octanol–water partition coefficient (Wildman–Crippen LogP) is 4.50. The van der Waals surface area contributed by atoms with Gasteiger partial charge in [-0.25, -0.2) is 9.97 Å². The van der Waals surface area contributed by atoms with Gasteiger partial charge in [-0.1, -0.05) is 43.9 Å². The van der Waals surface area contributed by atoms with Gasteiger partial charge in [0.2, 0.25) is 5.91 Å². The molecule has 2 heterocycles. The van der Waals surface area contributed by atoms with Crippen LogP contribution in [0.3, 0.4) is 0 Å². The Labute approximate surface area is 157 Å². The molecule has 2 aliphatic carbocycles. The average Bonchev–Trinajstić information content (AvgIpc) is 3.16. The second kappa shape index (κ2) is 8.04. The highest BCUT2D eigenvalue weighted by molar-refractivity contribution is 8.00. The molecule has 0 aliphatic heterocycles. The number of thiophene rings is 1. The molecule has 4 nitrogen and oxygen atoms in total. The van der Waals surface area contributed by atoms with Crippen molar-refractivity contribution in [3.63, 3.8) is 0 Å². The van der Waals surface area contributed by atoms with Crippen molar-refractivity contribution < 1.29 is 4.79 Å². The molecule has 0 unspecified atom stereocenters. The van der Waals surface area contributed by atoms with E-state index in [1.807, 2.05) is 0 Å². The largest absolute Gasteiger partial charge is 0.353 e. The zero-order chi connectivity index (χ0) is 17.1. The molecule has 25 heavy (non-hydrogen) atoms. The number of nitrogens with one attached hydrogen (secondary N) is 1. The number of hydrogen-bond acceptors (Lipinski definition) is 5. The van der Waals surface area contributed by atoms with Crippen molar-refractivity contribution in [2.75, 3.05) is 5.75 Å². The molecule has 0 aromatic carbocycles. The van der Waals surface area contributed by atoms with Gasteiger partial charge >= 0.3 is 0 Å². The smallest absolute Gasteiger partial charge is 0.230 e. The summed E-state index contributed by atoms with van der Waals surface area (Å²) in [6.07, 6.45) is 13.9. The fraction of sp³-hybridized carbons (Fsp3) is 0.632. The van der Waals surface area contributed by atoms with E-state index >= 15 is 0 Å². The Kier molecular flexibility index (Phi) is 5.56. The number of amides is 1. The Morgan fingerprint density at radius 3 is 2.76 bits per heavy atom. The van der Waals surface area contributed by atoms with E-state index in [-0.39, 0.29) is 5.91 Å². The van der Waals surface area contributed by atoms with E-state index in [0.29, 0.717) is 11.8 Å². The number of carbonyl (C=O) groups excluding carboxylic acids is 1. The molecule has 134 valence electrons. The van der Waals surface area contributed by atoms with Crippen LogP contribution in [-0.2, 0) is 17.6 Å². The summed E-state index contributed by atoms with van der Waals surface area (Å²) in [5, 5.41) is 5.45. The minimum absolute atomic E-state index is 0.147. The third-order valence-electron chi connectivity index (χ3n) is 5.28. The molecule has 0 spiro atoms. The highest BCUT2D eigenvalue weighted by Crippen LogP contribution is 2.39. The molecule has 2 aromatic rings. The SMILES string of the molecule is O=C(CSc1ncnc2sc3c(c12)CCC3)NC1CCCCCCC1. The van der Waals surface area contributed by atoms with Crippen LogP contribution in [0.5, 0.6) is 0 Å². The number of carbonyl (C=O) groups is 1. The van der Waals surface area contributed by atoms with Gasteiger partial charge in [-0.05, 0) is 37.7 Å². The summed E-state index contributed by atoms with van der Waals surface area (Å²) < 4.78 is 0. The van der Waals surface area contributed by atoms with Crippen molar-refractivity contribution in [1.29, 1.82) is 0 Å². The van der Waals surface area contributed by atoms with Crippen molar-refractivity contribution >= 4 is 39.2 Å². The van der Waals surface area contributed by atoms with Crippen molar-refractivity contribution in [3.05, 3.63) is 16.8 Å². The summed E-state index contributed by atoms with van der Waals surface area (Å²) in [5.41, 5.74) is 1.43. The molecular weight excluding hydrogens is 350 g/mol. The van der Waals surface area contributed by atoms with Gasteiger partial charge in [0.05, 0.1) is 5.75 Å². The van der Waals surface area contributed by atoms with Crippen LogP contribution in [0.15, 0.2) is 11.4 Å². The lowest BCUT2D eigenvalue weighted by molar-refractivity contribution is -0.119. The van der Waals surface area contributed by atoms with E-state index in [0.717, 1.165) is 29.1 Å². The van der Waals surface area contributed by atoms with Crippen LogP contribution in [0, 0.1) is 0 Å². The molecule has 4 rings (SSSR count). The van der Waals surface area contributed by atoms with Gasteiger partial charge in [0.1, 0.15) is 16.2 Å². The minimum Gasteiger partial charge on any atom is -0.353 e. The number of thioether (sulfide) groups is 1. The average molecular weight is 376 g/mol. The second-order valence-corrected chi connectivity index (χ2v) is 9.16. The first kappa shape index (κ1) is 17.3. The van der Waals surface area contributed by atoms with E-state index in [1.54, 1.807) is 29.4 Å². The third kappa shape index (κ3) is 4.00. The molecule has 0 atom stereocenters. The van der Waals surface area contributed by atoms with Gasteiger partial charge in [0, 0.05) is 16.3 Å². The fourth-order valence-corrected chi connectivity index (χ4v) is 6.14. The minimum atomic E-state index is 0.147. The van der Waals surface area contributed by atoms with Gasteiger partial charge in [0.15, 0.2) is 0 Å². The predicted molar refractivity (Wildman–Crippen MR) is 104 cm³/mol. The maximum Gasteiger partial charge on any atom is 0.230 e. The molecule has 2 aliphatic rings. The maximum absolute atomic E-state index is 12.4. The first-order chi connectivity index (χ1) is 12.3. The first-order valence-electron chi connectivity index (χ1n) is 9.48. The summed E-state index contributed by atoms with van der Waals surface area (Å²) in [5.74, 6) is 0.599. The van der Waals surface area contributed by atoms with Crippen LogP contribution in [0.25, 0.3) is 10.2 Å². The van der Waals surface area contributed by atoms with Crippen molar-refractivity contribution in [1.82, 2.24) is 15.3 Å². The summed E-state index contributed by atoms with van der Waals surface area (Å²) in [6, 6.07) is 0.365. The fourth-order valence-electron chi connectivity index (χ4n) is 4.01. The molecule has 0 saturated heterocycles. The summed E-state index contributed by atoms with van der Waals surface area (Å²) in [6.45, 7) is 0. The highest BCUT2D eigenvalue weighted by Gasteiger charge is 2.22. The van der Waals surface area contributed by atoms with E-state index < -0.39 is 0 Å². The van der Waals surface area contributed by atoms with Crippen LogP contribution < -0.4 is 5.32 Å². The van der Waals surface area contributed by atoms with Gasteiger partial charge in [0.25, 0.3) is 0 Å². The van der Waals surface area contributed by atoms with Gasteiger partial charge in [-0.3, -0.25) is 4.79 Å². The normalized spacial score (nSPS) is 18.7. The summed E-state index contributed by atoms with van der Waals surface area (Å²) >= 11 is 3.37. The van der Waals surface area contributed by atoms with E-state index in [9.17, 15) is 4.79 Å². The van der Waals surface area contributed by atoms with E-state index in [1.165, 1.54) is 60.8 Å². The van der Waals surface area contributed by atoms with E-state index in [4.69, 9.17) is 0 Å². The molecule has 0 radical (unpaired) electrons. The van der Waals surface area contributed by atoms with Crippen molar-refractivity contribution in [3.8, 4) is 0 Å². The molecular formula is C19H25N3OS2. The third-order valence-corrected chi connectivity index (χ3v) is 7.47. The standard InChI is InChI=1S/C19H25N3OS2/c23-16(22-13-7-4-2-1-3-5-8-13)11-24-18-17-14-9-6-10-15(14)25-19(17)21-12-20-18/h12-13H,1-11H2,(H,22,23). The molecule has 1 amide bonds. The monoisotopic (exact) mass is 375 g/mol. The van der Waals surface area contributed by atoms with Crippen molar-refractivity contribution in [2.24, 2.45) is 0 Å². The lowest BCUT2D eigenvalue weighted by Gasteiger charge is -2.20. The Balaban J connectivity index is 1.39. The molecule has 0 bridgehead atoms. The maximum atomic E-state index is 12.4. The second-order valence-electron chi connectivity index (χ2n) is 7.11. The number of nitrogens with zero attached hydrogens (tertiary/aromatic N) is 2. The Morgan fingerprint density at radius 1 is 1.12 bits per heavy atom. The highest BCUT2D eigenvalue weighted by atomic mass is 32.2. The van der Waals surface area contributed by atoms with Crippen LogP contribution in [0.1, 0.15) is 61.8 Å². The lowest BCUT2D eigenvalue weighted by atomic mass is 9.97. The molecule has 2 aromatic heterocycles. The lowest BCUT2D eigenvalue weighted by Crippen LogP contribution is -2.36. The van der Waals surface area contributed by atoms with Crippen LogP contribution in [0.2, 0.25) is 0 Å². The first-order valence-corrected chi connectivity index (χ1v) is 11.3. The number of aryl methyl sites for hydroxylation is 2. The molecule has 6 heteroatoms. The van der Waals surface area contributed by atoms with Gasteiger partial charge in [-0.15, -0.1) is 11.3 Å². The quantitative estimate of drug-likeness (QED) is 0.631. The Bertz CT molecular complexity index is 750. The zero-order valence-corrected chi connectivity index (χ0v) is 16.2. The number of aromatic nitrogens is 2. The Hall–Kier alpha value is -1.14. The topological polar surface area (TPSA) is 54.9 Å². The van der Waals surface area contributed by atoms with Crippen LogP contribution in [-0.4, -0.2) is 27.7 Å². The van der Waals surface area contributed by atoms with Crippen molar-refractivity contribution in [2.45, 2.75) is 75.3 Å². The van der Waals surface area contributed by atoms with Gasteiger partial charge < -0.3 is 5.32 Å². The van der Waals surface area contributed by atoms with Crippen LogP contribution in [0.4, 0.5) is 0 Å². The number of fused-ring (bicyclic) bond motifs is 3.